The molecule has 11 heteroatoms. The summed E-state index contributed by atoms with van der Waals surface area (Å²) in [6.45, 7) is -0.0495. The predicted octanol–water partition coefficient (Wildman–Crippen LogP) is 4.26. The number of hydrazone groups is 1. The standard InChI is InChI=1S/C25H23FN4O5S/c1-35-11-10-28(25(32)18-6-2-7-19(26)13-18)16-24(31)29-22(15-21(27-29)23-9-4-12-36-23)17-5-3-8-20(14-17)30(33)34/h2-9,12-14,22H,10-11,15-16H2,1H3. The summed E-state index contributed by atoms with van der Waals surface area (Å²) < 4.78 is 18.8. The highest BCUT2D eigenvalue weighted by molar-refractivity contribution is 7.12. The third kappa shape index (κ3) is 5.64. The predicted molar refractivity (Wildman–Crippen MR) is 132 cm³/mol. The Kier molecular flexibility index (Phi) is 7.81. The van der Waals surface area contributed by atoms with Gasteiger partial charge in [-0.1, -0.05) is 24.3 Å². The maximum atomic E-state index is 13.7. The fourth-order valence-corrected chi connectivity index (χ4v) is 4.65. The molecule has 0 fully saturated rings. The molecule has 0 saturated heterocycles. The van der Waals surface area contributed by atoms with E-state index in [9.17, 15) is 24.1 Å². The summed E-state index contributed by atoms with van der Waals surface area (Å²) in [6, 6.07) is 14.5. The minimum Gasteiger partial charge on any atom is -0.383 e. The third-order valence-electron chi connectivity index (χ3n) is 5.69. The van der Waals surface area contributed by atoms with Crippen LogP contribution in [-0.4, -0.2) is 59.2 Å². The van der Waals surface area contributed by atoms with Crippen LogP contribution in [0.3, 0.4) is 0 Å². The second kappa shape index (κ2) is 11.2. The first-order valence-electron chi connectivity index (χ1n) is 11.1. The number of methoxy groups -OCH3 is 1. The number of carbonyl (C=O) groups excluding carboxylic acids is 2. The Morgan fingerprint density at radius 2 is 2.03 bits per heavy atom. The summed E-state index contributed by atoms with van der Waals surface area (Å²) in [6.07, 6.45) is 0.364. The Hall–Kier alpha value is -3.96. The van der Waals surface area contributed by atoms with E-state index < -0.39 is 28.6 Å². The van der Waals surface area contributed by atoms with E-state index in [-0.39, 0.29) is 30.9 Å². The van der Waals surface area contributed by atoms with Crippen LogP contribution >= 0.6 is 11.3 Å². The van der Waals surface area contributed by atoms with Crippen molar-refractivity contribution in [1.29, 1.82) is 0 Å². The normalized spacial score (nSPS) is 15.0. The van der Waals surface area contributed by atoms with Gasteiger partial charge >= 0.3 is 0 Å². The zero-order valence-electron chi connectivity index (χ0n) is 19.4. The lowest BCUT2D eigenvalue weighted by molar-refractivity contribution is -0.385. The molecule has 36 heavy (non-hydrogen) atoms. The van der Waals surface area contributed by atoms with Crippen LogP contribution in [-0.2, 0) is 9.53 Å². The van der Waals surface area contributed by atoms with Gasteiger partial charge < -0.3 is 9.64 Å². The van der Waals surface area contributed by atoms with Crippen LogP contribution < -0.4 is 0 Å². The molecule has 2 amide bonds. The van der Waals surface area contributed by atoms with Crippen molar-refractivity contribution >= 4 is 34.6 Å². The highest BCUT2D eigenvalue weighted by atomic mass is 32.1. The van der Waals surface area contributed by atoms with E-state index in [1.54, 1.807) is 12.1 Å². The number of benzene rings is 2. The lowest BCUT2D eigenvalue weighted by Gasteiger charge is -2.27. The summed E-state index contributed by atoms with van der Waals surface area (Å²) in [7, 11) is 1.48. The number of halogens is 1. The molecule has 4 rings (SSSR count). The summed E-state index contributed by atoms with van der Waals surface area (Å²) in [5.74, 6) is -1.55. The SMILES string of the molecule is COCCN(CC(=O)N1N=C(c2cccs2)CC1c1cccc([N+](=O)[O-])c1)C(=O)c1cccc(F)c1. The van der Waals surface area contributed by atoms with Gasteiger partial charge in [0.2, 0.25) is 0 Å². The highest BCUT2D eigenvalue weighted by Gasteiger charge is 2.35. The molecular weight excluding hydrogens is 487 g/mol. The first kappa shape index (κ1) is 25.1. The number of carbonyl (C=O) groups is 2. The number of rotatable bonds is 9. The first-order chi connectivity index (χ1) is 17.4. The van der Waals surface area contributed by atoms with Crippen molar-refractivity contribution in [3.63, 3.8) is 0 Å². The number of ether oxygens (including phenoxy) is 1. The number of hydrogen-bond donors (Lipinski definition) is 0. The lowest BCUT2D eigenvalue weighted by atomic mass is 10.0. The van der Waals surface area contributed by atoms with Gasteiger partial charge in [0.05, 0.1) is 28.2 Å². The van der Waals surface area contributed by atoms with Crippen LogP contribution in [0.5, 0.6) is 0 Å². The summed E-state index contributed by atoms with van der Waals surface area (Å²) in [5.41, 5.74) is 1.26. The molecule has 1 aliphatic rings. The lowest BCUT2D eigenvalue weighted by Crippen LogP contribution is -2.42. The van der Waals surface area contributed by atoms with E-state index in [0.717, 1.165) is 10.9 Å². The van der Waals surface area contributed by atoms with E-state index in [2.05, 4.69) is 5.10 Å². The van der Waals surface area contributed by atoms with Gasteiger partial charge in [-0.3, -0.25) is 19.7 Å². The molecule has 0 N–H and O–H groups in total. The molecule has 2 heterocycles. The molecule has 0 radical (unpaired) electrons. The second-order valence-corrected chi connectivity index (χ2v) is 9.01. The zero-order valence-corrected chi connectivity index (χ0v) is 20.2. The number of nitrogens with zero attached hydrogens (tertiary/aromatic N) is 4. The van der Waals surface area contributed by atoms with E-state index in [1.807, 2.05) is 17.5 Å². The molecule has 2 aromatic carbocycles. The van der Waals surface area contributed by atoms with Crippen molar-refractivity contribution in [2.75, 3.05) is 26.8 Å². The van der Waals surface area contributed by atoms with Gasteiger partial charge in [0, 0.05) is 37.8 Å². The quantitative estimate of drug-likeness (QED) is 0.316. The number of nitro groups is 1. The number of nitro benzene ring substituents is 1. The van der Waals surface area contributed by atoms with Crippen molar-refractivity contribution in [3.8, 4) is 0 Å². The Labute approximate surface area is 210 Å². The molecule has 1 aliphatic heterocycles. The Morgan fingerprint density at radius 3 is 2.72 bits per heavy atom. The highest BCUT2D eigenvalue weighted by Crippen LogP contribution is 2.35. The van der Waals surface area contributed by atoms with Crippen molar-refractivity contribution in [2.45, 2.75) is 12.5 Å². The van der Waals surface area contributed by atoms with E-state index in [4.69, 9.17) is 4.74 Å². The first-order valence-corrected chi connectivity index (χ1v) is 12.0. The Balaban J connectivity index is 1.63. The average Bonchev–Trinajstić information content (AvgIpc) is 3.56. The van der Waals surface area contributed by atoms with Gasteiger partial charge in [-0.15, -0.1) is 11.3 Å². The molecule has 186 valence electrons. The van der Waals surface area contributed by atoms with Crippen LogP contribution in [0.25, 0.3) is 0 Å². The maximum Gasteiger partial charge on any atom is 0.269 e. The van der Waals surface area contributed by atoms with Crippen molar-refractivity contribution < 1.29 is 23.6 Å². The molecule has 0 bridgehead atoms. The molecule has 0 spiro atoms. The molecule has 1 aromatic heterocycles. The minimum atomic E-state index is -0.581. The van der Waals surface area contributed by atoms with Crippen molar-refractivity contribution in [2.24, 2.45) is 5.10 Å². The van der Waals surface area contributed by atoms with E-state index in [1.165, 1.54) is 58.7 Å². The van der Waals surface area contributed by atoms with Crippen LogP contribution in [0.2, 0.25) is 0 Å². The number of thiophene rings is 1. The molecule has 3 aromatic rings. The Morgan fingerprint density at radius 1 is 1.22 bits per heavy atom. The average molecular weight is 511 g/mol. The van der Waals surface area contributed by atoms with Gasteiger partial charge in [0.1, 0.15) is 12.4 Å². The smallest absolute Gasteiger partial charge is 0.269 e. The van der Waals surface area contributed by atoms with Crippen molar-refractivity contribution in [3.05, 3.63) is 98.0 Å². The fraction of sp³-hybridized carbons (Fsp3) is 0.240. The Bertz CT molecular complexity index is 1300. The molecule has 9 nitrogen and oxygen atoms in total. The number of non-ortho nitro benzene ring substituents is 1. The van der Waals surface area contributed by atoms with Crippen LogP contribution in [0.4, 0.5) is 10.1 Å². The molecule has 0 aliphatic carbocycles. The van der Waals surface area contributed by atoms with Crippen LogP contribution in [0.1, 0.15) is 33.3 Å². The maximum absolute atomic E-state index is 13.7. The number of hydrogen-bond acceptors (Lipinski definition) is 7. The third-order valence-corrected chi connectivity index (χ3v) is 6.61. The van der Waals surface area contributed by atoms with Gasteiger partial charge in [-0.25, -0.2) is 9.40 Å². The van der Waals surface area contributed by atoms with Crippen LogP contribution in [0, 0.1) is 15.9 Å². The van der Waals surface area contributed by atoms with Gasteiger partial charge in [-0.05, 0) is 35.2 Å². The monoisotopic (exact) mass is 510 g/mol. The van der Waals surface area contributed by atoms with Crippen LogP contribution in [0.15, 0.2) is 71.1 Å². The minimum absolute atomic E-state index is 0.0903. The summed E-state index contributed by atoms with van der Waals surface area (Å²) in [5, 5.41) is 19.1. The number of amides is 2. The molecule has 1 atom stereocenters. The van der Waals surface area contributed by atoms with Gasteiger partial charge in [0.25, 0.3) is 17.5 Å². The second-order valence-electron chi connectivity index (χ2n) is 8.06. The fourth-order valence-electron chi connectivity index (χ4n) is 3.93. The zero-order chi connectivity index (χ0) is 25.7. The van der Waals surface area contributed by atoms with Gasteiger partial charge in [0.15, 0.2) is 0 Å². The molecule has 1 unspecified atom stereocenters. The molecular formula is C25H23FN4O5S. The summed E-state index contributed by atoms with van der Waals surface area (Å²) in [4.78, 5) is 39.6. The van der Waals surface area contributed by atoms with E-state index in [0.29, 0.717) is 17.7 Å². The molecule has 0 saturated carbocycles. The topological polar surface area (TPSA) is 105 Å². The van der Waals surface area contributed by atoms with Crippen molar-refractivity contribution in [1.82, 2.24) is 9.91 Å². The summed E-state index contributed by atoms with van der Waals surface area (Å²) >= 11 is 1.47. The largest absolute Gasteiger partial charge is 0.383 e. The van der Waals surface area contributed by atoms with E-state index >= 15 is 0 Å². The van der Waals surface area contributed by atoms with Gasteiger partial charge in [-0.2, -0.15) is 5.10 Å².